The van der Waals surface area contributed by atoms with Crippen LogP contribution >= 0.6 is 7.92 Å². The molecule has 0 rings (SSSR count). The van der Waals surface area contributed by atoms with Gasteiger partial charge in [-0.05, 0) is 37.7 Å². The second-order valence-corrected chi connectivity index (χ2v) is 10.8. The summed E-state index contributed by atoms with van der Waals surface area (Å²) in [6.07, 6.45) is 31.2. The zero-order chi connectivity index (χ0) is 18.4. The molecule has 0 saturated heterocycles. The van der Waals surface area contributed by atoms with Crippen LogP contribution in [0.3, 0.4) is 0 Å². The first-order chi connectivity index (χ1) is 12.3. The number of hydrogen-bond donors (Lipinski definition) is 0. The van der Waals surface area contributed by atoms with E-state index in [-0.39, 0.29) is 17.6 Å². The minimum atomic E-state index is 0. The van der Waals surface area contributed by atoms with Crippen LogP contribution in [0.2, 0.25) is 0 Å². The van der Waals surface area contributed by atoms with Crippen molar-refractivity contribution in [2.24, 2.45) is 0 Å². The summed E-state index contributed by atoms with van der Waals surface area (Å²) in [7, 11) is 0.366. The zero-order valence-electron chi connectivity index (χ0n) is 18.3. The first-order valence-corrected chi connectivity index (χ1v) is 14.0. The Bertz CT molecular complexity index is 194. The van der Waals surface area contributed by atoms with Gasteiger partial charge in [0, 0.05) is 0 Å². The molecule has 0 aliphatic heterocycles. The van der Waals surface area contributed by atoms with Gasteiger partial charge in [-0.15, -0.1) is 7.92 Å². The van der Waals surface area contributed by atoms with Crippen molar-refractivity contribution in [2.75, 3.05) is 18.5 Å². The summed E-state index contributed by atoms with van der Waals surface area (Å²) in [5, 5.41) is 0. The predicted octanol–water partition coefficient (Wildman–Crippen LogP) is 8.10. The molecule has 0 aliphatic rings. The molecule has 0 spiro atoms. The monoisotopic (exact) mass is 448 g/mol. The zero-order valence-corrected chi connectivity index (χ0v) is 19.2. The molecule has 0 radical (unpaired) electrons. The van der Waals surface area contributed by atoms with Crippen LogP contribution in [0.5, 0.6) is 0 Å². The van der Waals surface area contributed by atoms with E-state index in [0.717, 1.165) is 0 Å². The van der Waals surface area contributed by atoms with Crippen LogP contribution in [0.4, 0.5) is 0 Å². The molecule has 26 heavy (non-hydrogen) atoms. The average molecular weight is 447 g/mol. The Morgan fingerprint density at radius 1 is 0.346 bits per heavy atom. The van der Waals surface area contributed by atoms with Crippen LogP contribution in [0.15, 0.2) is 0 Å². The van der Waals surface area contributed by atoms with E-state index in [1.807, 2.05) is 0 Å². The van der Waals surface area contributed by atoms with Crippen LogP contribution in [0.25, 0.3) is 0 Å². The first kappa shape index (κ1) is 29.2. The van der Waals surface area contributed by atoms with E-state index in [9.17, 15) is 0 Å². The van der Waals surface area contributed by atoms with E-state index < -0.39 is 0 Å². The van der Waals surface area contributed by atoms with Gasteiger partial charge in [0.15, 0.2) is 0 Å². The fraction of sp³-hybridized carbons (Fsp3) is 1.00. The first-order valence-electron chi connectivity index (χ1n) is 12.1. The van der Waals surface area contributed by atoms with Gasteiger partial charge in [-0.25, -0.2) is 0 Å². The minimum absolute atomic E-state index is 0. The second kappa shape index (κ2) is 26.0. The third-order valence-corrected chi connectivity index (χ3v) is 8.33. The van der Waals surface area contributed by atoms with Crippen molar-refractivity contribution in [1.82, 2.24) is 0 Å². The maximum atomic E-state index is 2.32. The quantitative estimate of drug-likeness (QED) is 0.0948. The van der Waals surface area contributed by atoms with Gasteiger partial charge in [-0.3, -0.25) is 0 Å². The fourth-order valence-corrected chi connectivity index (χ4v) is 6.37. The Balaban J connectivity index is 0. The van der Waals surface area contributed by atoms with Crippen LogP contribution in [-0.4, -0.2) is 36.1 Å². The third-order valence-electron chi connectivity index (χ3n) is 5.48. The molecule has 0 aliphatic carbocycles. The van der Waals surface area contributed by atoms with Crippen LogP contribution < -0.4 is 0 Å². The topological polar surface area (TPSA) is 0 Å². The molecule has 0 heterocycles. The SMILES string of the molecule is CCCCCCCCP(CCCCCCCC)CCCCCCCC.[GeH4]. The van der Waals surface area contributed by atoms with E-state index in [1.165, 1.54) is 116 Å². The Morgan fingerprint density at radius 2 is 0.577 bits per heavy atom. The summed E-state index contributed by atoms with van der Waals surface area (Å²) in [4.78, 5) is 0. The van der Waals surface area contributed by atoms with Crippen molar-refractivity contribution < 1.29 is 0 Å². The number of hydrogen-bond acceptors (Lipinski definition) is 0. The van der Waals surface area contributed by atoms with Crippen molar-refractivity contribution in [3.63, 3.8) is 0 Å². The van der Waals surface area contributed by atoms with Gasteiger partial charge in [0.25, 0.3) is 0 Å². The average Bonchev–Trinajstić information content (AvgIpc) is 2.63. The van der Waals surface area contributed by atoms with Gasteiger partial charge < -0.3 is 0 Å². The van der Waals surface area contributed by atoms with Crippen molar-refractivity contribution in [3.8, 4) is 0 Å². The molecule has 2 heteroatoms. The van der Waals surface area contributed by atoms with E-state index in [0.29, 0.717) is 7.92 Å². The fourth-order valence-electron chi connectivity index (χ4n) is 3.68. The molecule has 0 aromatic rings. The van der Waals surface area contributed by atoms with Crippen LogP contribution in [0, 0.1) is 0 Å². The standard InChI is InChI=1S/C24H51P.GeH4/c1-4-7-10-13-16-19-22-25(23-20-17-14-11-8-5-2)24-21-18-15-12-9-6-3;/h4-24H2,1-3H3;1H4. The van der Waals surface area contributed by atoms with Gasteiger partial charge in [-0.1, -0.05) is 117 Å². The molecule has 0 atom stereocenters. The molecule has 0 aromatic carbocycles. The molecule has 0 unspecified atom stereocenters. The molecule has 0 nitrogen and oxygen atoms in total. The predicted molar refractivity (Wildman–Crippen MR) is 133 cm³/mol. The van der Waals surface area contributed by atoms with Crippen molar-refractivity contribution >= 4 is 25.5 Å². The van der Waals surface area contributed by atoms with Gasteiger partial charge >= 0.3 is 17.6 Å². The molecule has 0 bridgehead atoms. The molecule has 0 fully saturated rings. The molecule has 0 saturated carbocycles. The second-order valence-electron chi connectivity index (χ2n) is 8.14. The van der Waals surface area contributed by atoms with Crippen LogP contribution in [-0.2, 0) is 0 Å². The molecule has 160 valence electrons. The molecule has 0 amide bonds. The molecule has 0 N–H and O–H groups in total. The van der Waals surface area contributed by atoms with E-state index >= 15 is 0 Å². The summed E-state index contributed by atoms with van der Waals surface area (Å²) < 4.78 is 0. The van der Waals surface area contributed by atoms with Gasteiger partial charge in [-0.2, -0.15) is 0 Å². The van der Waals surface area contributed by atoms with E-state index in [4.69, 9.17) is 0 Å². The summed E-state index contributed by atoms with van der Waals surface area (Å²) >= 11 is 0. The Kier molecular flexibility index (Phi) is 29.1. The van der Waals surface area contributed by atoms with Crippen molar-refractivity contribution in [3.05, 3.63) is 0 Å². The van der Waals surface area contributed by atoms with E-state index in [1.54, 1.807) is 18.5 Å². The molecular weight excluding hydrogens is 392 g/mol. The number of rotatable bonds is 21. The summed E-state index contributed by atoms with van der Waals surface area (Å²) in [6, 6.07) is 0. The van der Waals surface area contributed by atoms with Crippen molar-refractivity contribution in [2.45, 2.75) is 136 Å². The molecule has 0 aromatic heterocycles. The maximum absolute atomic E-state index is 2.32. The summed E-state index contributed by atoms with van der Waals surface area (Å²) in [5.74, 6) is 0. The van der Waals surface area contributed by atoms with E-state index in [2.05, 4.69) is 20.8 Å². The van der Waals surface area contributed by atoms with Gasteiger partial charge in [0.1, 0.15) is 0 Å². The Labute approximate surface area is 180 Å². The van der Waals surface area contributed by atoms with Crippen LogP contribution in [0.1, 0.15) is 136 Å². The Morgan fingerprint density at radius 3 is 0.846 bits per heavy atom. The number of unbranched alkanes of at least 4 members (excludes halogenated alkanes) is 15. The summed E-state index contributed by atoms with van der Waals surface area (Å²) in [6.45, 7) is 6.96. The molecular formula is C24H55GeP. The summed E-state index contributed by atoms with van der Waals surface area (Å²) in [5.41, 5.74) is 0. The third kappa shape index (κ3) is 23.0. The Hall–Kier alpha value is 0.973. The normalized spacial score (nSPS) is 11.1. The van der Waals surface area contributed by atoms with Crippen molar-refractivity contribution in [1.29, 1.82) is 0 Å². The van der Waals surface area contributed by atoms with Gasteiger partial charge in [0.2, 0.25) is 0 Å². The van der Waals surface area contributed by atoms with Gasteiger partial charge in [0.05, 0.1) is 0 Å².